The molecule has 0 aromatic rings. The van der Waals surface area contributed by atoms with Gasteiger partial charge in [0.1, 0.15) is 0 Å². The average molecular weight is 290 g/mol. The van der Waals surface area contributed by atoms with E-state index in [1.807, 2.05) is 13.8 Å². The molecule has 118 valence electrons. The zero-order valence-corrected chi connectivity index (χ0v) is 12.9. The average Bonchev–Trinajstić information content (AvgIpc) is 2.30. The highest BCUT2D eigenvalue weighted by atomic mass is 17.1. The van der Waals surface area contributed by atoms with Gasteiger partial charge in [0.15, 0.2) is 0 Å². The van der Waals surface area contributed by atoms with E-state index in [1.165, 1.54) is 0 Å². The first kappa shape index (κ1) is 18.9. The lowest BCUT2D eigenvalue weighted by atomic mass is 9.67. The van der Waals surface area contributed by atoms with Crippen molar-refractivity contribution in [1.82, 2.24) is 0 Å². The van der Waals surface area contributed by atoms with Gasteiger partial charge >= 0.3 is 11.9 Å². The molecule has 0 radical (unpaired) electrons. The molecule has 0 fully saturated rings. The van der Waals surface area contributed by atoms with Crippen molar-refractivity contribution in [3.8, 4) is 0 Å². The molecule has 0 aliphatic rings. The predicted octanol–water partition coefficient (Wildman–Crippen LogP) is 3.27. The third-order valence-corrected chi connectivity index (χ3v) is 3.28. The molecule has 0 aliphatic heterocycles. The van der Waals surface area contributed by atoms with Crippen LogP contribution in [-0.4, -0.2) is 22.5 Å². The van der Waals surface area contributed by atoms with Crippen molar-refractivity contribution >= 4 is 11.9 Å². The lowest BCUT2D eigenvalue weighted by molar-refractivity contribution is -0.243. The molecule has 0 bridgehead atoms. The van der Waals surface area contributed by atoms with E-state index in [2.05, 4.69) is 30.5 Å². The monoisotopic (exact) mass is 290 g/mol. The van der Waals surface area contributed by atoms with Crippen molar-refractivity contribution in [3.05, 3.63) is 0 Å². The number of hydrogen-bond donors (Lipinski definition) is 2. The van der Waals surface area contributed by atoms with Gasteiger partial charge in [0, 0.05) is 6.42 Å². The number of carbonyl (C=O) groups excluding carboxylic acids is 2. The van der Waals surface area contributed by atoms with Crippen molar-refractivity contribution in [2.45, 2.75) is 60.3 Å². The molecule has 0 unspecified atom stereocenters. The Morgan fingerprint density at radius 3 is 2.00 bits per heavy atom. The minimum absolute atomic E-state index is 0.0112. The summed E-state index contributed by atoms with van der Waals surface area (Å²) in [5.41, 5.74) is -0.372. The van der Waals surface area contributed by atoms with Gasteiger partial charge in [-0.15, -0.1) is 0 Å². The van der Waals surface area contributed by atoms with Crippen LogP contribution in [0.5, 0.6) is 0 Å². The highest BCUT2D eigenvalue weighted by Gasteiger charge is 2.39. The molecule has 0 aromatic carbocycles. The quantitative estimate of drug-likeness (QED) is 0.552. The fourth-order valence-corrected chi connectivity index (χ4v) is 2.88. The largest absolute Gasteiger partial charge is 0.345 e. The molecule has 0 spiro atoms. The van der Waals surface area contributed by atoms with E-state index in [4.69, 9.17) is 10.5 Å². The normalized spacial score (nSPS) is 13.8. The molecule has 0 rings (SSSR count). The molecule has 0 amide bonds. The zero-order chi connectivity index (χ0) is 16.0. The van der Waals surface area contributed by atoms with Gasteiger partial charge in [-0.2, -0.15) is 10.5 Å². The summed E-state index contributed by atoms with van der Waals surface area (Å²) >= 11 is 0. The van der Waals surface area contributed by atoms with Crippen LogP contribution >= 0.6 is 0 Å². The Morgan fingerprint density at radius 2 is 1.60 bits per heavy atom. The van der Waals surface area contributed by atoms with Gasteiger partial charge in [-0.1, -0.05) is 34.6 Å². The lowest BCUT2D eigenvalue weighted by Crippen LogP contribution is -2.35. The van der Waals surface area contributed by atoms with Crippen molar-refractivity contribution in [2.24, 2.45) is 16.7 Å². The molecule has 1 atom stereocenters. The van der Waals surface area contributed by atoms with Crippen LogP contribution in [0.2, 0.25) is 0 Å². The maximum Gasteiger partial charge on any atom is 0.345 e. The maximum atomic E-state index is 11.8. The highest BCUT2D eigenvalue weighted by Crippen LogP contribution is 2.41. The summed E-state index contributed by atoms with van der Waals surface area (Å²) in [4.78, 5) is 30.1. The molecule has 6 heteroatoms. The van der Waals surface area contributed by atoms with E-state index in [0.29, 0.717) is 12.8 Å². The lowest BCUT2D eigenvalue weighted by Gasteiger charge is -2.37. The fraction of sp³-hybridized carbons (Fsp3) is 0.857. The Balaban J connectivity index is 4.79. The number of rotatable bonds is 7. The van der Waals surface area contributed by atoms with E-state index in [1.54, 1.807) is 0 Å². The first-order valence-corrected chi connectivity index (χ1v) is 6.73. The smallest absolute Gasteiger partial charge is 0.301 e. The van der Waals surface area contributed by atoms with Crippen LogP contribution in [-0.2, 0) is 19.4 Å². The summed E-state index contributed by atoms with van der Waals surface area (Å²) in [6, 6.07) is 0. The molecule has 0 saturated heterocycles. The van der Waals surface area contributed by atoms with Crippen LogP contribution in [0, 0.1) is 16.7 Å². The Morgan fingerprint density at radius 1 is 1.05 bits per heavy atom. The summed E-state index contributed by atoms with van der Waals surface area (Å²) in [5, 5.41) is 16.8. The Labute approximate surface area is 119 Å². The van der Waals surface area contributed by atoms with Gasteiger partial charge in [0.25, 0.3) is 0 Å². The molecule has 0 heterocycles. The summed E-state index contributed by atoms with van der Waals surface area (Å²) in [6.07, 6.45) is 1.51. The molecule has 0 aromatic heterocycles. The maximum absolute atomic E-state index is 11.8. The SMILES string of the molecule is CC(C)(C)CC(C)(C)[C@H](CCCC(=O)OO)C(=O)OO. The van der Waals surface area contributed by atoms with Crippen LogP contribution in [0.1, 0.15) is 60.3 Å². The van der Waals surface area contributed by atoms with Gasteiger partial charge in [0.2, 0.25) is 0 Å². The third kappa shape index (κ3) is 6.86. The van der Waals surface area contributed by atoms with Crippen LogP contribution in [0.25, 0.3) is 0 Å². The molecule has 0 saturated carbocycles. The molecule has 0 aliphatic carbocycles. The van der Waals surface area contributed by atoms with Gasteiger partial charge in [0.05, 0.1) is 5.92 Å². The summed E-state index contributed by atoms with van der Waals surface area (Å²) in [7, 11) is 0. The van der Waals surface area contributed by atoms with Crippen molar-refractivity contribution < 1.29 is 29.9 Å². The van der Waals surface area contributed by atoms with E-state index < -0.39 is 17.9 Å². The van der Waals surface area contributed by atoms with Crippen LogP contribution in [0.15, 0.2) is 0 Å². The number of carbonyl (C=O) groups is 2. The second-order valence-electron chi connectivity index (χ2n) is 7.04. The fourth-order valence-electron chi connectivity index (χ4n) is 2.88. The Hall–Kier alpha value is -1.14. The third-order valence-electron chi connectivity index (χ3n) is 3.28. The zero-order valence-electron chi connectivity index (χ0n) is 12.9. The van der Waals surface area contributed by atoms with Gasteiger partial charge in [-0.25, -0.2) is 9.59 Å². The topological polar surface area (TPSA) is 93.1 Å². The van der Waals surface area contributed by atoms with Crippen LogP contribution in [0.3, 0.4) is 0 Å². The highest BCUT2D eigenvalue weighted by molar-refractivity contribution is 5.73. The predicted molar refractivity (Wildman–Crippen MR) is 72.6 cm³/mol. The van der Waals surface area contributed by atoms with E-state index in [9.17, 15) is 9.59 Å². The summed E-state index contributed by atoms with van der Waals surface area (Å²) < 4.78 is 0. The summed E-state index contributed by atoms with van der Waals surface area (Å²) in [5.74, 6) is -1.97. The van der Waals surface area contributed by atoms with Gasteiger partial charge in [-0.3, -0.25) is 0 Å². The number of hydrogen-bond acceptors (Lipinski definition) is 6. The van der Waals surface area contributed by atoms with E-state index in [0.717, 1.165) is 6.42 Å². The van der Waals surface area contributed by atoms with Gasteiger partial charge < -0.3 is 9.78 Å². The minimum atomic E-state index is -0.741. The molecular weight excluding hydrogens is 264 g/mol. The molecule has 6 nitrogen and oxygen atoms in total. The molecule has 20 heavy (non-hydrogen) atoms. The second kappa shape index (κ2) is 7.59. The first-order valence-electron chi connectivity index (χ1n) is 6.73. The van der Waals surface area contributed by atoms with Crippen molar-refractivity contribution in [3.63, 3.8) is 0 Å². The minimum Gasteiger partial charge on any atom is -0.301 e. The molecular formula is C14H26O6. The molecule has 2 N–H and O–H groups in total. The second-order valence-corrected chi connectivity index (χ2v) is 7.04. The van der Waals surface area contributed by atoms with Crippen molar-refractivity contribution in [2.75, 3.05) is 0 Å². The van der Waals surface area contributed by atoms with Crippen molar-refractivity contribution in [1.29, 1.82) is 0 Å². The van der Waals surface area contributed by atoms with Crippen LogP contribution < -0.4 is 0 Å². The summed E-state index contributed by atoms with van der Waals surface area (Å²) in [6.45, 7) is 10.1. The van der Waals surface area contributed by atoms with E-state index in [-0.39, 0.29) is 17.3 Å². The standard InChI is InChI=1S/C14H26O6/c1-13(2,3)9-14(4,5)10(12(16)20-18)7-6-8-11(15)19-17/h10,17-18H,6-9H2,1-5H3/t10-/m1/s1. The Kier molecular flexibility index (Phi) is 7.16. The van der Waals surface area contributed by atoms with E-state index >= 15 is 0 Å². The van der Waals surface area contributed by atoms with Gasteiger partial charge in [-0.05, 0) is 30.1 Å². The van der Waals surface area contributed by atoms with Crippen LogP contribution in [0.4, 0.5) is 0 Å². The Bertz CT molecular complexity index is 329. The first-order chi connectivity index (χ1) is 9.03.